The molecule has 0 saturated heterocycles. The van der Waals surface area contributed by atoms with Gasteiger partial charge in [0, 0.05) is 22.8 Å². The van der Waals surface area contributed by atoms with E-state index in [1.807, 2.05) is 26.0 Å². The van der Waals surface area contributed by atoms with Crippen molar-refractivity contribution in [2.45, 2.75) is 26.8 Å². The molecule has 4 nitrogen and oxygen atoms in total. The Bertz CT molecular complexity index is 577. The molecule has 0 atom stereocenters. The molecule has 112 valence electrons. The highest BCUT2D eigenvalue weighted by Crippen LogP contribution is 2.24. The molecule has 0 radical (unpaired) electrons. The molecule has 2 aromatic rings. The number of hydrogen-bond donors (Lipinski definition) is 0. The molecule has 0 unspecified atom stereocenters. The standard InChI is InChI=1S/C16H19ClN2O2/c1-16(2,15(20)11-19-9-8-18-12-19)7-10-21-14-5-3-13(17)4-6-14/h3-6,8-9,12H,7,10-11H2,1-2H3. The SMILES string of the molecule is CC(C)(CCOc1ccc(Cl)cc1)C(=O)Cn1ccnc1. The maximum atomic E-state index is 12.3. The summed E-state index contributed by atoms with van der Waals surface area (Å²) >= 11 is 5.82. The summed E-state index contributed by atoms with van der Waals surface area (Å²) in [7, 11) is 0. The molecule has 1 aromatic heterocycles. The van der Waals surface area contributed by atoms with Gasteiger partial charge in [0.1, 0.15) is 5.75 Å². The van der Waals surface area contributed by atoms with Crippen molar-refractivity contribution in [2.24, 2.45) is 5.41 Å². The van der Waals surface area contributed by atoms with E-state index in [1.54, 1.807) is 35.4 Å². The van der Waals surface area contributed by atoms with Crippen molar-refractivity contribution in [2.75, 3.05) is 6.61 Å². The number of halogens is 1. The lowest BCUT2D eigenvalue weighted by Gasteiger charge is -2.23. The van der Waals surface area contributed by atoms with Gasteiger partial charge in [0.2, 0.25) is 0 Å². The van der Waals surface area contributed by atoms with Crippen LogP contribution >= 0.6 is 11.6 Å². The van der Waals surface area contributed by atoms with Gasteiger partial charge in [-0.25, -0.2) is 4.98 Å². The van der Waals surface area contributed by atoms with Gasteiger partial charge in [-0.15, -0.1) is 0 Å². The van der Waals surface area contributed by atoms with E-state index in [9.17, 15) is 4.79 Å². The number of rotatable bonds is 7. The molecule has 1 heterocycles. The van der Waals surface area contributed by atoms with E-state index in [4.69, 9.17) is 16.3 Å². The van der Waals surface area contributed by atoms with E-state index in [0.717, 1.165) is 5.75 Å². The Morgan fingerprint density at radius 2 is 2.05 bits per heavy atom. The van der Waals surface area contributed by atoms with Crippen LogP contribution in [0.1, 0.15) is 20.3 Å². The first-order valence-corrected chi connectivity index (χ1v) is 7.22. The molecule has 0 aliphatic rings. The first-order valence-electron chi connectivity index (χ1n) is 6.85. The Kier molecular flexibility index (Phi) is 5.02. The molecule has 0 aliphatic carbocycles. The fourth-order valence-corrected chi connectivity index (χ4v) is 1.98. The van der Waals surface area contributed by atoms with Gasteiger partial charge in [0.25, 0.3) is 0 Å². The Hall–Kier alpha value is -1.81. The molecule has 0 N–H and O–H groups in total. The zero-order valence-corrected chi connectivity index (χ0v) is 13.0. The van der Waals surface area contributed by atoms with Crippen LogP contribution in [0.25, 0.3) is 0 Å². The number of ether oxygens (including phenoxy) is 1. The number of Topliss-reactive ketones (excluding diaryl/α,β-unsaturated/α-hetero) is 1. The smallest absolute Gasteiger partial charge is 0.158 e. The number of ketones is 1. The van der Waals surface area contributed by atoms with Gasteiger partial charge in [-0.1, -0.05) is 25.4 Å². The lowest BCUT2D eigenvalue weighted by molar-refractivity contribution is -0.128. The van der Waals surface area contributed by atoms with E-state index in [0.29, 0.717) is 24.6 Å². The molecule has 0 fully saturated rings. The minimum atomic E-state index is -0.434. The summed E-state index contributed by atoms with van der Waals surface area (Å²) in [6.07, 6.45) is 5.77. The first-order chi connectivity index (χ1) is 9.97. The van der Waals surface area contributed by atoms with Crippen molar-refractivity contribution in [1.82, 2.24) is 9.55 Å². The quantitative estimate of drug-likeness (QED) is 0.785. The van der Waals surface area contributed by atoms with Gasteiger partial charge in [0.05, 0.1) is 19.5 Å². The Labute approximate surface area is 129 Å². The highest BCUT2D eigenvalue weighted by molar-refractivity contribution is 6.30. The summed E-state index contributed by atoms with van der Waals surface area (Å²) in [6, 6.07) is 7.21. The number of hydrogen-bond acceptors (Lipinski definition) is 3. The van der Waals surface area contributed by atoms with E-state index < -0.39 is 5.41 Å². The van der Waals surface area contributed by atoms with Crippen LogP contribution in [0, 0.1) is 5.41 Å². The van der Waals surface area contributed by atoms with Crippen molar-refractivity contribution in [1.29, 1.82) is 0 Å². The fourth-order valence-electron chi connectivity index (χ4n) is 1.85. The number of carbonyl (C=O) groups is 1. The summed E-state index contributed by atoms with van der Waals surface area (Å²) in [5, 5.41) is 0.679. The summed E-state index contributed by atoms with van der Waals surface area (Å²) in [5.41, 5.74) is -0.434. The van der Waals surface area contributed by atoms with Gasteiger partial charge in [0.15, 0.2) is 5.78 Å². The summed E-state index contributed by atoms with van der Waals surface area (Å²) < 4.78 is 7.43. The maximum absolute atomic E-state index is 12.3. The number of carbonyl (C=O) groups excluding carboxylic acids is 1. The molecule has 0 spiro atoms. The van der Waals surface area contributed by atoms with Crippen LogP contribution in [0.4, 0.5) is 0 Å². The van der Waals surface area contributed by atoms with Crippen molar-refractivity contribution >= 4 is 17.4 Å². The summed E-state index contributed by atoms with van der Waals surface area (Å²) in [6.45, 7) is 4.72. The molecule has 2 rings (SSSR count). The van der Waals surface area contributed by atoms with Crippen LogP contribution in [0.2, 0.25) is 5.02 Å². The van der Waals surface area contributed by atoms with Crippen LogP contribution in [0.5, 0.6) is 5.75 Å². The second-order valence-electron chi connectivity index (χ2n) is 5.59. The highest BCUT2D eigenvalue weighted by Gasteiger charge is 2.27. The Morgan fingerprint density at radius 3 is 2.67 bits per heavy atom. The minimum absolute atomic E-state index is 0.167. The molecule has 5 heteroatoms. The van der Waals surface area contributed by atoms with Gasteiger partial charge in [-0.3, -0.25) is 4.79 Å². The Balaban J connectivity index is 1.82. The van der Waals surface area contributed by atoms with Crippen molar-refractivity contribution in [3.63, 3.8) is 0 Å². The second kappa shape index (κ2) is 6.76. The summed E-state index contributed by atoms with van der Waals surface area (Å²) in [4.78, 5) is 16.2. The fraction of sp³-hybridized carbons (Fsp3) is 0.375. The lowest BCUT2D eigenvalue weighted by atomic mass is 9.84. The minimum Gasteiger partial charge on any atom is -0.494 e. The number of nitrogens with zero attached hydrogens (tertiary/aromatic N) is 2. The van der Waals surface area contributed by atoms with Crippen molar-refractivity contribution in [3.8, 4) is 5.75 Å². The largest absolute Gasteiger partial charge is 0.494 e. The molecule has 1 aromatic carbocycles. The average molecular weight is 307 g/mol. The van der Waals surface area contributed by atoms with Crippen LogP contribution in [0.3, 0.4) is 0 Å². The Morgan fingerprint density at radius 1 is 1.33 bits per heavy atom. The molecular formula is C16H19ClN2O2. The number of imidazole rings is 1. The number of aromatic nitrogens is 2. The summed E-state index contributed by atoms with van der Waals surface area (Å²) in [5.74, 6) is 0.928. The van der Waals surface area contributed by atoms with Crippen LogP contribution in [-0.2, 0) is 11.3 Å². The predicted octanol–water partition coefficient (Wildman–Crippen LogP) is 3.60. The first kappa shape index (κ1) is 15.6. The third-order valence-electron chi connectivity index (χ3n) is 3.45. The van der Waals surface area contributed by atoms with Gasteiger partial charge in [-0.2, -0.15) is 0 Å². The zero-order valence-electron chi connectivity index (χ0n) is 12.3. The lowest BCUT2D eigenvalue weighted by Crippen LogP contribution is -2.29. The average Bonchev–Trinajstić information content (AvgIpc) is 2.94. The highest BCUT2D eigenvalue weighted by atomic mass is 35.5. The molecule has 21 heavy (non-hydrogen) atoms. The monoisotopic (exact) mass is 306 g/mol. The van der Waals surface area contributed by atoms with E-state index >= 15 is 0 Å². The second-order valence-corrected chi connectivity index (χ2v) is 6.03. The van der Waals surface area contributed by atoms with E-state index in [2.05, 4.69) is 4.98 Å². The normalized spacial score (nSPS) is 11.4. The predicted molar refractivity (Wildman–Crippen MR) is 82.6 cm³/mol. The van der Waals surface area contributed by atoms with Gasteiger partial charge in [-0.05, 0) is 30.7 Å². The van der Waals surface area contributed by atoms with Crippen LogP contribution < -0.4 is 4.74 Å². The van der Waals surface area contributed by atoms with Gasteiger partial charge >= 0.3 is 0 Å². The van der Waals surface area contributed by atoms with Crippen LogP contribution in [-0.4, -0.2) is 21.9 Å². The molecule has 0 amide bonds. The topological polar surface area (TPSA) is 44.1 Å². The van der Waals surface area contributed by atoms with Gasteiger partial charge < -0.3 is 9.30 Å². The zero-order chi connectivity index (χ0) is 15.3. The van der Waals surface area contributed by atoms with E-state index in [1.165, 1.54) is 0 Å². The molecular weight excluding hydrogens is 288 g/mol. The van der Waals surface area contributed by atoms with Crippen LogP contribution in [0.15, 0.2) is 43.0 Å². The maximum Gasteiger partial charge on any atom is 0.158 e. The molecule has 0 bridgehead atoms. The third-order valence-corrected chi connectivity index (χ3v) is 3.70. The molecule has 0 aliphatic heterocycles. The number of benzene rings is 1. The van der Waals surface area contributed by atoms with E-state index in [-0.39, 0.29) is 5.78 Å². The third kappa shape index (κ3) is 4.60. The van der Waals surface area contributed by atoms with Crippen molar-refractivity contribution < 1.29 is 9.53 Å². The van der Waals surface area contributed by atoms with Crippen molar-refractivity contribution in [3.05, 3.63) is 48.0 Å². The molecule has 0 saturated carbocycles.